The Hall–Kier alpha value is -0.760. The van der Waals surface area contributed by atoms with E-state index in [9.17, 15) is 19.4 Å². The summed E-state index contributed by atoms with van der Waals surface area (Å²) in [5.74, 6) is -0.145. The van der Waals surface area contributed by atoms with Crippen LogP contribution in [0.4, 0.5) is 0 Å². The molecule has 3 unspecified atom stereocenters. The number of nitrogens with one attached hydrogen (secondary N) is 1. The fourth-order valence-corrected chi connectivity index (χ4v) is 8.78. The van der Waals surface area contributed by atoms with Gasteiger partial charge in [-0.25, -0.2) is 4.57 Å². The minimum absolute atomic E-state index is 0.0768. The molecule has 0 bridgehead atoms. The topological polar surface area (TPSA) is 105 Å². The van der Waals surface area contributed by atoms with Gasteiger partial charge in [0.05, 0.1) is 39.9 Å². The molecule has 0 heterocycles. The van der Waals surface area contributed by atoms with Crippen molar-refractivity contribution in [3.05, 3.63) is 12.2 Å². The number of nitrogens with zero attached hydrogens (tertiary/aromatic N) is 1. The number of unbranched alkanes of at least 4 members (excludes halogenated alkanes) is 34. The highest BCUT2D eigenvalue weighted by atomic mass is 31.2. The molecule has 0 fully saturated rings. The molecule has 0 saturated heterocycles. The first-order valence-corrected chi connectivity index (χ1v) is 28.0. The molecular weight excluding hydrogens is 780 g/mol. The summed E-state index contributed by atoms with van der Waals surface area (Å²) >= 11 is 0. The number of hydrogen-bond donors (Lipinski definition) is 3. The highest BCUT2D eigenvalue weighted by Crippen LogP contribution is 2.43. The lowest BCUT2D eigenvalue weighted by molar-refractivity contribution is -0.870. The van der Waals surface area contributed by atoms with Crippen molar-refractivity contribution in [3.8, 4) is 0 Å². The summed E-state index contributed by atoms with van der Waals surface area (Å²) in [6, 6.07) is -0.752. The van der Waals surface area contributed by atoms with Crippen molar-refractivity contribution in [3.63, 3.8) is 0 Å². The van der Waals surface area contributed by atoms with Crippen molar-refractivity contribution in [1.82, 2.24) is 5.32 Å². The van der Waals surface area contributed by atoms with Crippen LogP contribution in [0.1, 0.15) is 264 Å². The van der Waals surface area contributed by atoms with E-state index in [1.165, 1.54) is 199 Å². The molecule has 0 rings (SSSR count). The normalized spacial score (nSPS) is 14.1. The molecule has 0 aliphatic rings. The number of allylic oxidation sites excluding steroid dienone is 2. The van der Waals surface area contributed by atoms with E-state index >= 15 is 0 Å². The maximum atomic E-state index is 12.8. The van der Waals surface area contributed by atoms with Gasteiger partial charge >= 0.3 is 7.82 Å². The van der Waals surface area contributed by atoms with Gasteiger partial charge in [-0.1, -0.05) is 231 Å². The average Bonchev–Trinajstić information content (AvgIpc) is 3.21. The number of aliphatic hydroxyl groups excluding tert-OH is 1. The lowest BCUT2D eigenvalue weighted by atomic mass is 10.0. The van der Waals surface area contributed by atoms with Gasteiger partial charge in [0.15, 0.2) is 0 Å². The van der Waals surface area contributed by atoms with Crippen LogP contribution in [0.5, 0.6) is 0 Å². The van der Waals surface area contributed by atoms with Crippen molar-refractivity contribution in [2.24, 2.45) is 0 Å². The third-order valence-corrected chi connectivity index (χ3v) is 13.2. The summed E-state index contributed by atoms with van der Waals surface area (Å²) in [6.07, 6.45) is 53.2. The Morgan fingerprint density at radius 1 is 0.541 bits per heavy atom. The molecule has 0 saturated carbocycles. The predicted molar refractivity (Wildman–Crippen MR) is 263 cm³/mol. The highest BCUT2D eigenvalue weighted by molar-refractivity contribution is 7.47. The van der Waals surface area contributed by atoms with E-state index in [0.29, 0.717) is 23.9 Å². The SMILES string of the molecule is CCCCCCCCCC/C=C\CCCCCCCCCCCCCCCCCCCCCCCC(=O)NC(COP(=O)(O)OCC[N+](C)(C)C)C(O)CCCCCCCC. The van der Waals surface area contributed by atoms with E-state index in [2.05, 4.69) is 31.3 Å². The van der Waals surface area contributed by atoms with Gasteiger partial charge in [-0.05, 0) is 38.5 Å². The van der Waals surface area contributed by atoms with Gasteiger partial charge < -0.3 is 19.8 Å². The summed E-state index contributed by atoms with van der Waals surface area (Å²) in [7, 11) is 1.62. The fraction of sp³-hybridized carbons (Fsp3) is 0.942. The lowest BCUT2D eigenvalue weighted by Crippen LogP contribution is -2.46. The minimum atomic E-state index is -4.30. The first-order chi connectivity index (χ1) is 29.5. The van der Waals surface area contributed by atoms with E-state index in [1.54, 1.807) is 0 Å². The number of phosphoric acid groups is 1. The van der Waals surface area contributed by atoms with Crippen LogP contribution in [0.15, 0.2) is 12.2 Å². The molecule has 61 heavy (non-hydrogen) atoms. The number of hydrogen-bond acceptors (Lipinski definition) is 5. The van der Waals surface area contributed by atoms with Crippen LogP contribution in [0, 0.1) is 0 Å². The summed E-state index contributed by atoms with van der Waals surface area (Å²) < 4.78 is 23.5. The Balaban J connectivity index is 3.78. The van der Waals surface area contributed by atoms with Crippen molar-refractivity contribution >= 4 is 13.7 Å². The van der Waals surface area contributed by atoms with Gasteiger partial charge in [0.2, 0.25) is 5.91 Å². The molecule has 8 nitrogen and oxygen atoms in total. The summed E-state index contributed by atoms with van der Waals surface area (Å²) in [5.41, 5.74) is 0. The van der Waals surface area contributed by atoms with Gasteiger partial charge in [-0.3, -0.25) is 13.8 Å². The average molecular weight is 886 g/mol. The third-order valence-electron chi connectivity index (χ3n) is 12.3. The van der Waals surface area contributed by atoms with E-state index < -0.39 is 20.0 Å². The second kappa shape index (κ2) is 44.4. The first-order valence-electron chi connectivity index (χ1n) is 26.6. The summed E-state index contributed by atoms with van der Waals surface area (Å²) in [5, 5.41) is 13.8. The predicted octanol–water partition coefficient (Wildman–Crippen LogP) is 15.5. The largest absolute Gasteiger partial charge is 0.472 e. The zero-order valence-corrected chi connectivity index (χ0v) is 42.3. The number of likely N-dealkylation sites (N-methyl/N-ethyl adjacent to an activating group) is 1. The van der Waals surface area contributed by atoms with Gasteiger partial charge in [-0.15, -0.1) is 0 Å². The zero-order chi connectivity index (χ0) is 45.0. The van der Waals surface area contributed by atoms with Crippen molar-refractivity contribution < 1.29 is 32.9 Å². The van der Waals surface area contributed by atoms with Crippen molar-refractivity contribution in [1.29, 1.82) is 0 Å². The van der Waals surface area contributed by atoms with Crippen molar-refractivity contribution in [2.45, 2.75) is 276 Å². The molecule has 0 aromatic rings. The molecule has 0 aromatic heterocycles. The standard InChI is InChI=1S/C52H105N2O6P/c1-6-8-10-12-14-15-16-17-18-19-20-21-22-23-24-25-26-27-28-29-30-31-32-33-34-35-36-37-38-39-40-42-44-46-52(56)53-50(51(55)45-43-41-13-11-9-7-2)49-60-61(57,58)59-48-47-54(3,4)5/h19-20,50-51,55H,6-18,21-49H2,1-5H3,(H-,53,56,57,58)/p+1/b20-19-. The smallest absolute Gasteiger partial charge is 0.391 e. The minimum Gasteiger partial charge on any atom is -0.391 e. The maximum Gasteiger partial charge on any atom is 0.472 e. The Kier molecular flexibility index (Phi) is 43.9. The number of carbonyl (C=O) groups is 1. The monoisotopic (exact) mass is 886 g/mol. The maximum absolute atomic E-state index is 12.8. The summed E-state index contributed by atoms with van der Waals surface area (Å²) in [4.78, 5) is 23.1. The Morgan fingerprint density at radius 2 is 0.885 bits per heavy atom. The van der Waals surface area contributed by atoms with Crippen molar-refractivity contribution in [2.75, 3.05) is 40.9 Å². The number of quaternary nitrogens is 1. The van der Waals surface area contributed by atoms with Crippen LogP contribution >= 0.6 is 7.82 Å². The summed E-state index contributed by atoms with van der Waals surface area (Å²) in [6.45, 7) is 4.84. The van der Waals surface area contributed by atoms with Gasteiger partial charge in [-0.2, -0.15) is 0 Å². The Bertz CT molecular complexity index is 1000. The van der Waals surface area contributed by atoms with Gasteiger partial charge in [0, 0.05) is 6.42 Å². The second-order valence-electron chi connectivity index (χ2n) is 19.6. The van der Waals surface area contributed by atoms with Crippen LogP contribution in [0.3, 0.4) is 0 Å². The Morgan fingerprint density at radius 3 is 1.26 bits per heavy atom. The second-order valence-corrected chi connectivity index (χ2v) is 21.1. The zero-order valence-electron chi connectivity index (χ0n) is 41.4. The molecule has 364 valence electrons. The number of carbonyl (C=O) groups excluding carboxylic acids is 1. The fourth-order valence-electron chi connectivity index (χ4n) is 8.04. The van der Waals surface area contributed by atoms with Crippen LogP contribution in [-0.4, -0.2) is 73.4 Å². The molecular formula is C52H106N2O6P+. The van der Waals surface area contributed by atoms with E-state index in [1.807, 2.05) is 21.1 Å². The third kappa shape index (κ3) is 47.0. The van der Waals surface area contributed by atoms with Crippen LogP contribution in [0.2, 0.25) is 0 Å². The molecule has 1 amide bonds. The molecule has 0 aromatic carbocycles. The lowest BCUT2D eigenvalue weighted by Gasteiger charge is -2.26. The molecule has 0 aliphatic heterocycles. The number of aliphatic hydroxyl groups is 1. The van der Waals surface area contributed by atoms with Crippen LogP contribution in [0.25, 0.3) is 0 Å². The molecule has 3 atom stereocenters. The quantitative estimate of drug-likeness (QED) is 0.0243. The van der Waals surface area contributed by atoms with E-state index in [4.69, 9.17) is 9.05 Å². The molecule has 9 heteroatoms. The van der Waals surface area contributed by atoms with Crippen LogP contribution in [-0.2, 0) is 18.4 Å². The number of amides is 1. The van der Waals surface area contributed by atoms with Gasteiger partial charge in [0.1, 0.15) is 13.2 Å². The highest BCUT2D eigenvalue weighted by Gasteiger charge is 2.28. The van der Waals surface area contributed by atoms with E-state index in [-0.39, 0.29) is 19.1 Å². The van der Waals surface area contributed by atoms with Crippen LogP contribution < -0.4 is 5.32 Å². The molecule has 3 N–H and O–H groups in total. The first kappa shape index (κ1) is 60.2. The number of phosphoric ester groups is 1. The van der Waals surface area contributed by atoms with Gasteiger partial charge in [0.25, 0.3) is 0 Å². The van der Waals surface area contributed by atoms with E-state index in [0.717, 1.165) is 38.5 Å². The Labute approximate surface area is 380 Å². The molecule has 0 aliphatic carbocycles. The molecule has 0 spiro atoms. The molecule has 0 radical (unpaired) electrons. The number of rotatable bonds is 49.